The lowest BCUT2D eigenvalue weighted by Gasteiger charge is -2.16. The number of hydrogen-bond donors (Lipinski definition) is 0. The molecule has 1 amide bonds. The van der Waals surface area contributed by atoms with E-state index < -0.39 is 0 Å². The summed E-state index contributed by atoms with van der Waals surface area (Å²) >= 11 is 0. The quantitative estimate of drug-likeness (QED) is 0.730. The van der Waals surface area contributed by atoms with Gasteiger partial charge in [0.2, 0.25) is 5.91 Å². The van der Waals surface area contributed by atoms with Gasteiger partial charge in [0.15, 0.2) is 0 Å². The van der Waals surface area contributed by atoms with Crippen LogP contribution in [0.1, 0.15) is 17.7 Å². The first kappa shape index (κ1) is 14.2. The topological polar surface area (TPSA) is 59.5 Å². The van der Waals surface area contributed by atoms with Crippen molar-refractivity contribution >= 4 is 11.9 Å². The summed E-state index contributed by atoms with van der Waals surface area (Å²) in [5.41, 5.74) is 1.76. The highest BCUT2D eigenvalue weighted by atomic mass is 16.5. The first-order valence-corrected chi connectivity index (χ1v) is 5.76. The van der Waals surface area contributed by atoms with Crippen LogP contribution >= 0.6 is 0 Å². The van der Waals surface area contributed by atoms with Crippen molar-refractivity contribution in [2.45, 2.75) is 19.8 Å². The average Bonchev–Trinajstić information content (AvgIpc) is 2.38. The molecular formula is C13H18N2O3. The van der Waals surface area contributed by atoms with E-state index in [0.29, 0.717) is 6.54 Å². The average molecular weight is 250 g/mol. The predicted octanol–water partition coefficient (Wildman–Crippen LogP) is 0.954. The van der Waals surface area contributed by atoms with Crippen LogP contribution in [0.2, 0.25) is 0 Å². The highest BCUT2D eigenvalue weighted by Crippen LogP contribution is 2.05. The van der Waals surface area contributed by atoms with Crippen LogP contribution in [-0.2, 0) is 20.7 Å². The summed E-state index contributed by atoms with van der Waals surface area (Å²) in [5, 5.41) is 0. The van der Waals surface area contributed by atoms with E-state index in [-0.39, 0.29) is 24.7 Å². The summed E-state index contributed by atoms with van der Waals surface area (Å²) < 4.78 is 4.53. The van der Waals surface area contributed by atoms with Gasteiger partial charge in [-0.2, -0.15) is 0 Å². The van der Waals surface area contributed by atoms with Gasteiger partial charge >= 0.3 is 5.97 Å². The molecule has 0 spiro atoms. The number of hydrogen-bond acceptors (Lipinski definition) is 4. The van der Waals surface area contributed by atoms with Crippen LogP contribution in [0.15, 0.2) is 18.3 Å². The maximum Gasteiger partial charge on any atom is 0.307 e. The van der Waals surface area contributed by atoms with Gasteiger partial charge in [0.1, 0.15) is 0 Å². The number of esters is 1. The molecule has 18 heavy (non-hydrogen) atoms. The molecule has 0 N–H and O–H groups in total. The van der Waals surface area contributed by atoms with Crippen LogP contribution in [0.5, 0.6) is 0 Å². The molecule has 1 aromatic rings. The lowest BCUT2D eigenvalue weighted by atomic mass is 10.1. The number of rotatable bonds is 5. The van der Waals surface area contributed by atoms with Gasteiger partial charge in [-0.1, -0.05) is 6.07 Å². The first-order chi connectivity index (χ1) is 8.54. The van der Waals surface area contributed by atoms with Crippen molar-refractivity contribution in [1.82, 2.24) is 9.88 Å². The fraction of sp³-hybridized carbons (Fsp3) is 0.462. The molecule has 0 aliphatic heterocycles. The number of methoxy groups -OCH3 is 1. The zero-order valence-electron chi connectivity index (χ0n) is 11.0. The van der Waals surface area contributed by atoms with Gasteiger partial charge in [-0.3, -0.25) is 14.6 Å². The summed E-state index contributed by atoms with van der Waals surface area (Å²) in [7, 11) is 3.00. The Kier molecular flexibility index (Phi) is 5.30. The molecule has 5 heteroatoms. The molecule has 0 atom stereocenters. The number of amides is 1. The van der Waals surface area contributed by atoms with Crippen LogP contribution < -0.4 is 0 Å². The standard InChI is InChI=1S/C13H18N2O3/c1-10-5-4-7-14-11(10)9-12(16)15(2)8-6-13(17)18-3/h4-5,7H,6,8-9H2,1-3H3. The van der Waals surface area contributed by atoms with E-state index in [1.54, 1.807) is 13.2 Å². The normalized spacial score (nSPS) is 9.94. The van der Waals surface area contributed by atoms with Crippen molar-refractivity contribution in [3.05, 3.63) is 29.6 Å². The number of aryl methyl sites for hydroxylation is 1. The van der Waals surface area contributed by atoms with Gasteiger partial charge in [0.25, 0.3) is 0 Å². The van der Waals surface area contributed by atoms with Crippen molar-refractivity contribution in [1.29, 1.82) is 0 Å². The number of likely N-dealkylation sites (N-methyl/N-ethyl adjacent to an activating group) is 1. The molecule has 0 fully saturated rings. The van der Waals surface area contributed by atoms with Crippen LogP contribution in [0, 0.1) is 6.92 Å². The number of aromatic nitrogens is 1. The van der Waals surface area contributed by atoms with Gasteiger partial charge < -0.3 is 9.64 Å². The fourth-order valence-corrected chi connectivity index (χ4v) is 1.47. The Labute approximate surface area is 107 Å². The molecule has 0 radical (unpaired) electrons. The summed E-state index contributed by atoms with van der Waals surface area (Å²) in [5.74, 6) is -0.371. The van der Waals surface area contributed by atoms with Gasteiger partial charge in [-0.25, -0.2) is 0 Å². The maximum atomic E-state index is 11.9. The van der Waals surface area contributed by atoms with E-state index in [1.807, 2.05) is 19.1 Å². The third kappa shape index (κ3) is 4.16. The minimum absolute atomic E-state index is 0.0549. The molecule has 0 aliphatic rings. The number of carbonyl (C=O) groups is 2. The third-order valence-electron chi connectivity index (χ3n) is 2.74. The number of nitrogens with zero attached hydrogens (tertiary/aromatic N) is 2. The zero-order valence-corrected chi connectivity index (χ0v) is 11.0. The summed E-state index contributed by atoms with van der Waals surface area (Å²) in [6, 6.07) is 3.76. The van der Waals surface area contributed by atoms with Crippen LogP contribution in [0.4, 0.5) is 0 Å². The second-order valence-corrected chi connectivity index (χ2v) is 4.09. The lowest BCUT2D eigenvalue weighted by Crippen LogP contribution is -2.31. The van der Waals surface area contributed by atoms with Gasteiger partial charge in [0.05, 0.1) is 25.6 Å². The minimum Gasteiger partial charge on any atom is -0.469 e. The van der Waals surface area contributed by atoms with Crippen LogP contribution in [-0.4, -0.2) is 42.5 Å². The van der Waals surface area contributed by atoms with Crippen molar-refractivity contribution in [2.75, 3.05) is 20.7 Å². The Balaban J connectivity index is 2.50. The molecule has 0 unspecified atom stereocenters. The molecule has 1 aromatic heterocycles. The van der Waals surface area contributed by atoms with Crippen LogP contribution in [0.25, 0.3) is 0 Å². The zero-order chi connectivity index (χ0) is 13.5. The monoisotopic (exact) mass is 250 g/mol. The number of ether oxygens (including phenoxy) is 1. The number of pyridine rings is 1. The van der Waals surface area contributed by atoms with Gasteiger partial charge in [-0.15, -0.1) is 0 Å². The van der Waals surface area contributed by atoms with Gasteiger partial charge in [-0.05, 0) is 18.6 Å². The number of carbonyl (C=O) groups excluding carboxylic acids is 2. The molecule has 5 nitrogen and oxygen atoms in total. The van der Waals surface area contributed by atoms with Crippen molar-refractivity contribution in [3.8, 4) is 0 Å². The smallest absolute Gasteiger partial charge is 0.307 e. The largest absolute Gasteiger partial charge is 0.469 e. The third-order valence-corrected chi connectivity index (χ3v) is 2.74. The molecule has 0 saturated heterocycles. The Hall–Kier alpha value is -1.91. The predicted molar refractivity (Wildman–Crippen MR) is 66.9 cm³/mol. The highest BCUT2D eigenvalue weighted by molar-refractivity contribution is 5.79. The molecule has 0 aliphatic carbocycles. The van der Waals surface area contributed by atoms with Crippen molar-refractivity contribution < 1.29 is 14.3 Å². The fourth-order valence-electron chi connectivity index (χ4n) is 1.47. The van der Waals surface area contributed by atoms with Crippen molar-refractivity contribution in [3.63, 3.8) is 0 Å². The summed E-state index contributed by atoms with van der Waals surface area (Å²) in [4.78, 5) is 28.6. The van der Waals surface area contributed by atoms with E-state index in [4.69, 9.17) is 0 Å². The molecule has 0 saturated carbocycles. The minimum atomic E-state index is -0.316. The Bertz CT molecular complexity index is 432. The van der Waals surface area contributed by atoms with E-state index in [0.717, 1.165) is 11.3 Å². The molecule has 1 rings (SSSR count). The SMILES string of the molecule is COC(=O)CCN(C)C(=O)Cc1ncccc1C. The summed E-state index contributed by atoms with van der Waals surface area (Å²) in [6.45, 7) is 2.28. The molecule has 0 bridgehead atoms. The molecule has 0 aromatic carbocycles. The second-order valence-electron chi connectivity index (χ2n) is 4.09. The van der Waals surface area contributed by atoms with E-state index in [2.05, 4.69) is 9.72 Å². The van der Waals surface area contributed by atoms with E-state index in [9.17, 15) is 9.59 Å². The van der Waals surface area contributed by atoms with Gasteiger partial charge in [0, 0.05) is 19.8 Å². The first-order valence-electron chi connectivity index (χ1n) is 5.76. The summed E-state index contributed by atoms with van der Waals surface area (Å²) in [6.07, 6.45) is 2.13. The Morgan fingerprint density at radius 3 is 2.78 bits per heavy atom. The molecule has 1 heterocycles. The molecule has 98 valence electrons. The molecular weight excluding hydrogens is 232 g/mol. The second kappa shape index (κ2) is 6.74. The van der Waals surface area contributed by atoms with E-state index in [1.165, 1.54) is 12.0 Å². The Morgan fingerprint density at radius 2 is 2.17 bits per heavy atom. The highest BCUT2D eigenvalue weighted by Gasteiger charge is 2.13. The Morgan fingerprint density at radius 1 is 1.44 bits per heavy atom. The van der Waals surface area contributed by atoms with E-state index >= 15 is 0 Å². The van der Waals surface area contributed by atoms with Crippen molar-refractivity contribution in [2.24, 2.45) is 0 Å². The maximum absolute atomic E-state index is 11.9. The van der Waals surface area contributed by atoms with Crippen LogP contribution in [0.3, 0.4) is 0 Å². The lowest BCUT2D eigenvalue weighted by molar-refractivity contribution is -0.141.